The third-order valence-electron chi connectivity index (χ3n) is 2.64. The van der Waals surface area contributed by atoms with E-state index < -0.39 is 6.09 Å². The van der Waals surface area contributed by atoms with Crippen LogP contribution in [-0.4, -0.2) is 32.4 Å². The van der Waals surface area contributed by atoms with Crippen molar-refractivity contribution in [3.05, 3.63) is 12.4 Å². The van der Waals surface area contributed by atoms with Gasteiger partial charge in [-0.15, -0.1) is 0 Å². The number of nitrogens with zero attached hydrogens (tertiary/aromatic N) is 3. The monoisotopic (exact) mass is 210 g/mol. The van der Waals surface area contributed by atoms with Crippen molar-refractivity contribution in [2.45, 2.75) is 25.4 Å². The van der Waals surface area contributed by atoms with Gasteiger partial charge >= 0.3 is 6.09 Å². The van der Waals surface area contributed by atoms with Crippen LogP contribution in [0.25, 0.3) is 0 Å². The van der Waals surface area contributed by atoms with Crippen LogP contribution in [-0.2, 0) is 0 Å². The molecule has 82 valence electrons. The molecule has 1 saturated heterocycles. The number of amides is 1. The average molecular weight is 210 g/mol. The van der Waals surface area contributed by atoms with E-state index in [1.165, 1.54) is 11.1 Å². The summed E-state index contributed by atoms with van der Waals surface area (Å²) in [4.78, 5) is 12.4. The van der Waals surface area contributed by atoms with Crippen molar-refractivity contribution >= 4 is 11.8 Å². The van der Waals surface area contributed by atoms with Gasteiger partial charge in [0.1, 0.15) is 6.17 Å². The Morgan fingerprint density at radius 3 is 3.00 bits per heavy atom. The van der Waals surface area contributed by atoms with Gasteiger partial charge in [-0.1, -0.05) is 0 Å². The minimum atomic E-state index is -0.895. The molecule has 2 rings (SSSR count). The molecule has 0 spiro atoms. The van der Waals surface area contributed by atoms with Crippen molar-refractivity contribution in [1.82, 2.24) is 14.7 Å². The summed E-state index contributed by atoms with van der Waals surface area (Å²) >= 11 is 0. The molecule has 0 bridgehead atoms. The SMILES string of the molecule is Nc1cnn(C2CCCCN2C(=O)O)c1. The van der Waals surface area contributed by atoms with Gasteiger partial charge in [0.15, 0.2) is 0 Å². The van der Waals surface area contributed by atoms with Crippen LogP contribution in [0.3, 0.4) is 0 Å². The average Bonchev–Trinajstić information content (AvgIpc) is 2.65. The van der Waals surface area contributed by atoms with E-state index in [2.05, 4.69) is 5.10 Å². The Morgan fingerprint density at radius 2 is 2.40 bits per heavy atom. The fourth-order valence-corrected chi connectivity index (χ4v) is 1.93. The normalized spacial score (nSPS) is 21.6. The predicted octanol–water partition coefficient (Wildman–Crippen LogP) is 1.13. The highest BCUT2D eigenvalue weighted by atomic mass is 16.4. The first-order chi connectivity index (χ1) is 7.18. The van der Waals surface area contributed by atoms with E-state index in [1.54, 1.807) is 10.9 Å². The van der Waals surface area contributed by atoms with Crippen LogP contribution in [0.2, 0.25) is 0 Å². The lowest BCUT2D eigenvalue weighted by Gasteiger charge is -2.33. The van der Waals surface area contributed by atoms with E-state index in [4.69, 9.17) is 10.8 Å². The number of rotatable bonds is 1. The lowest BCUT2D eigenvalue weighted by Crippen LogP contribution is -2.40. The maximum Gasteiger partial charge on any atom is 0.409 e. The second-order valence-corrected chi connectivity index (χ2v) is 3.71. The number of piperidine rings is 1. The van der Waals surface area contributed by atoms with Crippen LogP contribution in [0.1, 0.15) is 25.4 Å². The Balaban J connectivity index is 2.21. The van der Waals surface area contributed by atoms with Crippen molar-refractivity contribution in [2.24, 2.45) is 0 Å². The molecule has 0 aliphatic carbocycles. The molecule has 1 aromatic rings. The van der Waals surface area contributed by atoms with Crippen LogP contribution in [0.5, 0.6) is 0 Å². The molecule has 0 radical (unpaired) electrons. The minimum Gasteiger partial charge on any atom is -0.465 e. The summed E-state index contributed by atoms with van der Waals surface area (Å²) < 4.78 is 1.63. The van der Waals surface area contributed by atoms with E-state index >= 15 is 0 Å². The van der Waals surface area contributed by atoms with Gasteiger partial charge in [-0.25, -0.2) is 9.48 Å². The Kier molecular flexibility index (Phi) is 2.49. The van der Waals surface area contributed by atoms with Gasteiger partial charge in [0.2, 0.25) is 0 Å². The molecule has 1 aromatic heterocycles. The van der Waals surface area contributed by atoms with E-state index in [0.29, 0.717) is 12.2 Å². The van der Waals surface area contributed by atoms with Crippen LogP contribution in [0.15, 0.2) is 12.4 Å². The molecule has 15 heavy (non-hydrogen) atoms. The predicted molar refractivity (Wildman–Crippen MR) is 54.3 cm³/mol. The fraction of sp³-hybridized carbons (Fsp3) is 0.556. The Morgan fingerprint density at radius 1 is 1.60 bits per heavy atom. The molecule has 6 nitrogen and oxygen atoms in total. The molecule has 3 N–H and O–H groups in total. The van der Waals surface area contributed by atoms with E-state index in [1.807, 2.05) is 0 Å². The number of nitrogen functional groups attached to an aromatic ring is 1. The standard InChI is InChI=1S/C9H14N4O2/c10-7-5-11-13(6-7)8-3-1-2-4-12(8)9(14)15/h5-6,8H,1-4,10H2,(H,14,15). The zero-order valence-corrected chi connectivity index (χ0v) is 8.33. The minimum absolute atomic E-state index is 0.200. The summed E-state index contributed by atoms with van der Waals surface area (Å²) in [6.45, 7) is 0.569. The van der Waals surface area contributed by atoms with Crippen molar-refractivity contribution in [1.29, 1.82) is 0 Å². The molecule has 0 aromatic carbocycles. The molecule has 1 atom stereocenters. The van der Waals surface area contributed by atoms with Crippen molar-refractivity contribution in [3.63, 3.8) is 0 Å². The van der Waals surface area contributed by atoms with Crippen LogP contribution in [0, 0.1) is 0 Å². The maximum absolute atomic E-state index is 11.0. The Labute approximate surface area is 87.3 Å². The zero-order chi connectivity index (χ0) is 10.8. The molecular formula is C9H14N4O2. The number of hydrogen-bond donors (Lipinski definition) is 2. The second kappa shape index (κ2) is 3.80. The lowest BCUT2D eigenvalue weighted by molar-refractivity contribution is 0.0733. The molecule has 1 amide bonds. The van der Waals surface area contributed by atoms with Gasteiger partial charge < -0.3 is 10.8 Å². The highest BCUT2D eigenvalue weighted by Crippen LogP contribution is 2.25. The molecule has 1 aliphatic rings. The highest BCUT2D eigenvalue weighted by Gasteiger charge is 2.27. The van der Waals surface area contributed by atoms with Crippen LogP contribution < -0.4 is 5.73 Å². The Hall–Kier alpha value is -1.72. The highest BCUT2D eigenvalue weighted by molar-refractivity contribution is 5.65. The van der Waals surface area contributed by atoms with Gasteiger partial charge in [-0.05, 0) is 19.3 Å². The molecule has 1 aliphatic heterocycles. The quantitative estimate of drug-likeness (QED) is 0.727. The number of aromatic nitrogens is 2. The summed E-state index contributed by atoms with van der Waals surface area (Å²) in [6.07, 6.45) is 4.85. The molecule has 6 heteroatoms. The lowest BCUT2D eigenvalue weighted by atomic mass is 10.1. The van der Waals surface area contributed by atoms with Crippen molar-refractivity contribution in [2.75, 3.05) is 12.3 Å². The topological polar surface area (TPSA) is 84.4 Å². The fourth-order valence-electron chi connectivity index (χ4n) is 1.93. The number of likely N-dealkylation sites (tertiary alicyclic amines) is 1. The maximum atomic E-state index is 11.0. The first-order valence-corrected chi connectivity index (χ1v) is 4.97. The largest absolute Gasteiger partial charge is 0.465 e. The van der Waals surface area contributed by atoms with Crippen molar-refractivity contribution in [3.8, 4) is 0 Å². The molecule has 1 fully saturated rings. The van der Waals surface area contributed by atoms with Gasteiger partial charge in [-0.3, -0.25) is 4.90 Å². The number of carbonyl (C=O) groups is 1. The summed E-state index contributed by atoms with van der Waals surface area (Å²) in [5, 5.41) is 13.1. The Bertz CT molecular complexity index is 363. The van der Waals surface area contributed by atoms with Gasteiger partial charge in [0, 0.05) is 6.54 Å². The zero-order valence-electron chi connectivity index (χ0n) is 8.33. The van der Waals surface area contributed by atoms with Crippen molar-refractivity contribution < 1.29 is 9.90 Å². The summed E-state index contributed by atoms with van der Waals surface area (Å²) in [7, 11) is 0. The number of carboxylic acid groups (broad SMARTS) is 1. The molecule has 0 saturated carbocycles. The first-order valence-electron chi connectivity index (χ1n) is 4.97. The number of anilines is 1. The molecular weight excluding hydrogens is 196 g/mol. The summed E-state index contributed by atoms with van der Waals surface area (Å²) in [5.74, 6) is 0. The van der Waals surface area contributed by atoms with Crippen LogP contribution >= 0.6 is 0 Å². The number of nitrogens with two attached hydrogens (primary N) is 1. The molecule has 2 heterocycles. The first kappa shape index (κ1) is 9.82. The van der Waals surface area contributed by atoms with Gasteiger partial charge in [0.25, 0.3) is 0 Å². The third kappa shape index (κ3) is 1.88. The van der Waals surface area contributed by atoms with E-state index in [-0.39, 0.29) is 6.17 Å². The van der Waals surface area contributed by atoms with Gasteiger partial charge in [0.05, 0.1) is 18.1 Å². The molecule has 1 unspecified atom stereocenters. The summed E-state index contributed by atoms with van der Waals surface area (Å²) in [6, 6.07) is 0. The summed E-state index contributed by atoms with van der Waals surface area (Å²) in [5.41, 5.74) is 6.12. The van der Waals surface area contributed by atoms with E-state index in [9.17, 15) is 4.79 Å². The number of hydrogen-bond acceptors (Lipinski definition) is 3. The second-order valence-electron chi connectivity index (χ2n) is 3.71. The van der Waals surface area contributed by atoms with Gasteiger partial charge in [-0.2, -0.15) is 5.10 Å². The third-order valence-corrected chi connectivity index (χ3v) is 2.64. The van der Waals surface area contributed by atoms with E-state index in [0.717, 1.165) is 19.3 Å². The smallest absolute Gasteiger partial charge is 0.409 e. The van der Waals surface area contributed by atoms with Crippen LogP contribution in [0.4, 0.5) is 10.5 Å².